The van der Waals surface area contributed by atoms with E-state index in [1.165, 1.54) is 11.8 Å². The van der Waals surface area contributed by atoms with E-state index in [0.29, 0.717) is 27.7 Å². The minimum absolute atomic E-state index is 0.107. The molecule has 0 bridgehead atoms. The first-order valence-electron chi connectivity index (χ1n) is 8.67. The van der Waals surface area contributed by atoms with Crippen LogP contribution in [0.1, 0.15) is 17.0 Å². The lowest BCUT2D eigenvalue weighted by Crippen LogP contribution is -2.15. The molecule has 4 aromatic rings. The third-order valence-electron chi connectivity index (χ3n) is 4.31. The fourth-order valence-electron chi connectivity index (χ4n) is 2.93. The second-order valence-electron chi connectivity index (χ2n) is 6.07. The van der Waals surface area contributed by atoms with Gasteiger partial charge in [0.1, 0.15) is 17.7 Å². The fourth-order valence-corrected chi connectivity index (χ4v) is 3.79. The summed E-state index contributed by atoms with van der Waals surface area (Å²) in [4.78, 5) is 19.3. The molecule has 0 fully saturated rings. The first kappa shape index (κ1) is 19.1. The van der Waals surface area contributed by atoms with Crippen LogP contribution in [0.5, 0.6) is 0 Å². The Balaban J connectivity index is 1.79. The van der Waals surface area contributed by atoms with Gasteiger partial charge in [0.25, 0.3) is 5.56 Å². The number of hydrogen-bond donors (Lipinski definition) is 2. The number of aromatic amines is 2. The molecule has 0 unspecified atom stereocenters. The number of nitrogens with zero attached hydrogens (tertiary/aromatic N) is 6. The lowest BCUT2D eigenvalue weighted by molar-refractivity contribution is 0.881. The van der Waals surface area contributed by atoms with E-state index in [1.54, 1.807) is 24.5 Å². The second kappa shape index (κ2) is 8.39. The van der Waals surface area contributed by atoms with Crippen LogP contribution < -0.4 is 5.56 Å². The quantitative estimate of drug-likeness (QED) is 0.475. The van der Waals surface area contributed by atoms with Crippen molar-refractivity contribution in [3.63, 3.8) is 0 Å². The number of rotatable bonds is 5. The topological polar surface area (TPSA) is 148 Å². The van der Waals surface area contributed by atoms with Gasteiger partial charge in [-0.1, -0.05) is 47.3 Å². The molecular formula is C20H12N8OS. The lowest BCUT2D eigenvalue weighted by Gasteiger charge is -2.11. The molecule has 10 heteroatoms. The van der Waals surface area contributed by atoms with Crippen LogP contribution in [0, 0.1) is 22.7 Å². The Morgan fingerprint density at radius 3 is 2.40 bits per heavy atom. The highest BCUT2D eigenvalue weighted by molar-refractivity contribution is 7.98. The molecule has 0 aliphatic heterocycles. The average molecular weight is 412 g/mol. The molecule has 3 aromatic heterocycles. The van der Waals surface area contributed by atoms with Crippen molar-refractivity contribution in [2.75, 3.05) is 0 Å². The smallest absolute Gasteiger partial charge is 0.267 e. The molecule has 9 nitrogen and oxygen atoms in total. The van der Waals surface area contributed by atoms with Crippen molar-refractivity contribution in [3.05, 3.63) is 76.1 Å². The van der Waals surface area contributed by atoms with E-state index < -0.39 is 5.56 Å². The summed E-state index contributed by atoms with van der Waals surface area (Å²) in [6, 6.07) is 15.1. The molecule has 0 saturated carbocycles. The van der Waals surface area contributed by atoms with Crippen LogP contribution >= 0.6 is 11.8 Å². The predicted octanol–water partition coefficient (Wildman–Crippen LogP) is 2.65. The molecular weight excluding hydrogens is 400 g/mol. The van der Waals surface area contributed by atoms with E-state index >= 15 is 0 Å². The average Bonchev–Trinajstić information content (AvgIpc) is 3.31. The highest BCUT2D eigenvalue weighted by Crippen LogP contribution is 2.33. The number of thioether (sulfide) groups is 1. The Labute approximate surface area is 174 Å². The number of hydrogen-bond acceptors (Lipinski definition) is 8. The van der Waals surface area contributed by atoms with Crippen LogP contribution in [0.3, 0.4) is 0 Å². The third-order valence-corrected chi connectivity index (χ3v) is 5.31. The summed E-state index contributed by atoms with van der Waals surface area (Å²) in [5.41, 5.74) is 2.32. The van der Waals surface area contributed by atoms with Gasteiger partial charge in [0.05, 0.1) is 16.3 Å². The normalized spacial score (nSPS) is 10.3. The standard InChI is InChI=1S/C20H12N8OS/c21-8-15-18(13-5-3-12(4-6-13)14-2-1-7-23-10-14)16(9-22)20(24-19(15)29)30-11-17-25-27-28-26-17/h1-7,10H,11H2,(H,24,29)(H,25,26,27,28). The molecule has 0 amide bonds. The Bertz CT molecular complexity index is 1320. The SMILES string of the molecule is N#Cc1c(SCc2nn[nH]n2)[nH]c(=O)c(C#N)c1-c1ccc(-c2cccnc2)cc1. The molecule has 0 spiro atoms. The van der Waals surface area contributed by atoms with Crippen LogP contribution in [0.4, 0.5) is 0 Å². The molecule has 3 heterocycles. The molecule has 144 valence electrons. The van der Waals surface area contributed by atoms with Crippen molar-refractivity contribution in [2.24, 2.45) is 0 Å². The van der Waals surface area contributed by atoms with Gasteiger partial charge in [-0.3, -0.25) is 9.78 Å². The van der Waals surface area contributed by atoms with Gasteiger partial charge in [-0.15, -0.1) is 10.2 Å². The van der Waals surface area contributed by atoms with Crippen LogP contribution in [-0.2, 0) is 5.75 Å². The van der Waals surface area contributed by atoms with E-state index in [9.17, 15) is 15.3 Å². The maximum Gasteiger partial charge on any atom is 0.267 e. The lowest BCUT2D eigenvalue weighted by atomic mass is 9.95. The van der Waals surface area contributed by atoms with Crippen molar-refractivity contribution >= 4 is 11.8 Å². The number of nitriles is 2. The van der Waals surface area contributed by atoms with Gasteiger partial charge in [-0.25, -0.2) is 0 Å². The highest BCUT2D eigenvalue weighted by Gasteiger charge is 2.20. The van der Waals surface area contributed by atoms with Crippen molar-refractivity contribution in [3.8, 4) is 34.4 Å². The Kier molecular flexibility index (Phi) is 5.33. The van der Waals surface area contributed by atoms with Gasteiger partial charge >= 0.3 is 0 Å². The third kappa shape index (κ3) is 3.68. The molecule has 0 aliphatic rings. The van der Waals surface area contributed by atoms with Crippen molar-refractivity contribution < 1.29 is 0 Å². The van der Waals surface area contributed by atoms with Crippen LogP contribution in [0.15, 0.2) is 58.6 Å². The van der Waals surface area contributed by atoms with Crippen molar-refractivity contribution in [2.45, 2.75) is 10.8 Å². The molecule has 0 saturated heterocycles. The van der Waals surface area contributed by atoms with E-state index in [2.05, 4.69) is 36.7 Å². The predicted molar refractivity (Wildman–Crippen MR) is 109 cm³/mol. The minimum atomic E-state index is -0.557. The van der Waals surface area contributed by atoms with E-state index in [1.807, 2.05) is 30.3 Å². The molecule has 0 radical (unpaired) electrons. The van der Waals surface area contributed by atoms with E-state index in [0.717, 1.165) is 11.1 Å². The van der Waals surface area contributed by atoms with Crippen molar-refractivity contribution in [1.82, 2.24) is 30.6 Å². The Morgan fingerprint density at radius 1 is 1.00 bits per heavy atom. The number of pyridine rings is 2. The van der Waals surface area contributed by atoms with Gasteiger partial charge in [-0.2, -0.15) is 15.7 Å². The Morgan fingerprint density at radius 2 is 1.77 bits per heavy atom. The van der Waals surface area contributed by atoms with E-state index in [-0.39, 0.29) is 11.1 Å². The summed E-state index contributed by atoms with van der Waals surface area (Å²) < 4.78 is 0. The molecule has 0 aliphatic carbocycles. The van der Waals surface area contributed by atoms with Crippen LogP contribution in [0.25, 0.3) is 22.3 Å². The molecule has 2 N–H and O–H groups in total. The van der Waals surface area contributed by atoms with E-state index in [4.69, 9.17) is 0 Å². The van der Waals surface area contributed by atoms with Gasteiger partial charge in [0, 0.05) is 18.0 Å². The summed E-state index contributed by atoms with van der Waals surface area (Å²) in [5, 5.41) is 33.3. The number of aromatic nitrogens is 6. The number of nitrogens with one attached hydrogen (secondary N) is 2. The largest absolute Gasteiger partial charge is 0.315 e. The highest BCUT2D eigenvalue weighted by atomic mass is 32.2. The zero-order valence-electron chi connectivity index (χ0n) is 15.3. The van der Waals surface area contributed by atoms with Gasteiger partial charge < -0.3 is 4.98 Å². The summed E-state index contributed by atoms with van der Waals surface area (Å²) >= 11 is 1.19. The zero-order valence-corrected chi connectivity index (χ0v) is 16.1. The summed E-state index contributed by atoms with van der Waals surface area (Å²) in [7, 11) is 0. The van der Waals surface area contributed by atoms with Gasteiger partial charge in [0.2, 0.25) is 0 Å². The molecule has 1 aromatic carbocycles. The monoisotopic (exact) mass is 412 g/mol. The Hall–Kier alpha value is -4.28. The molecule has 4 rings (SSSR count). The number of tetrazole rings is 1. The molecule has 30 heavy (non-hydrogen) atoms. The first-order chi connectivity index (χ1) is 14.7. The number of H-pyrrole nitrogens is 2. The maximum absolute atomic E-state index is 12.5. The van der Waals surface area contributed by atoms with Gasteiger partial charge in [-0.05, 0) is 22.8 Å². The van der Waals surface area contributed by atoms with Gasteiger partial charge in [0.15, 0.2) is 5.82 Å². The summed E-state index contributed by atoms with van der Waals surface area (Å²) in [6.07, 6.45) is 3.44. The summed E-state index contributed by atoms with van der Waals surface area (Å²) in [6.45, 7) is 0. The first-order valence-corrected chi connectivity index (χ1v) is 9.66. The molecule has 0 atom stereocenters. The fraction of sp³-hybridized carbons (Fsp3) is 0.0500. The maximum atomic E-state index is 12.5. The van der Waals surface area contributed by atoms with Crippen molar-refractivity contribution in [1.29, 1.82) is 10.5 Å². The second-order valence-corrected chi connectivity index (χ2v) is 7.05. The van der Waals surface area contributed by atoms with Crippen LogP contribution in [0.2, 0.25) is 0 Å². The summed E-state index contributed by atoms with van der Waals surface area (Å²) in [5.74, 6) is 0.725. The van der Waals surface area contributed by atoms with Crippen LogP contribution in [-0.4, -0.2) is 30.6 Å². The number of benzene rings is 1. The minimum Gasteiger partial charge on any atom is -0.315 e. The zero-order chi connectivity index (χ0) is 20.9.